The van der Waals surface area contributed by atoms with Crippen molar-refractivity contribution in [1.82, 2.24) is 15.2 Å². The van der Waals surface area contributed by atoms with E-state index in [-0.39, 0.29) is 11.6 Å². The predicted octanol–water partition coefficient (Wildman–Crippen LogP) is 2.82. The van der Waals surface area contributed by atoms with Crippen LogP contribution in [0.3, 0.4) is 0 Å². The van der Waals surface area contributed by atoms with E-state index in [1.54, 1.807) is 18.2 Å². The van der Waals surface area contributed by atoms with Crippen LogP contribution in [0.5, 0.6) is 5.88 Å². The molecule has 1 unspecified atom stereocenters. The van der Waals surface area contributed by atoms with Gasteiger partial charge in [-0.15, -0.1) is 5.10 Å². The highest BCUT2D eigenvalue weighted by molar-refractivity contribution is 6.42. The number of hydrazone groups is 1. The lowest BCUT2D eigenvalue weighted by Gasteiger charge is -2.09. The maximum absolute atomic E-state index is 12.1. The molecule has 0 saturated heterocycles. The first kappa shape index (κ1) is 18.7. The summed E-state index contributed by atoms with van der Waals surface area (Å²) in [5.74, 6) is -0.694. The number of nitrogens with one attached hydrogen (secondary N) is 1. The van der Waals surface area contributed by atoms with Crippen LogP contribution in [0, 0.1) is 10.1 Å². The minimum Gasteiger partial charge on any atom is -0.475 e. The second-order valence-electron chi connectivity index (χ2n) is 4.84. The Kier molecular flexibility index (Phi) is 5.94. The van der Waals surface area contributed by atoms with Gasteiger partial charge in [0, 0.05) is 0 Å². The van der Waals surface area contributed by atoms with Crippen molar-refractivity contribution in [3.63, 3.8) is 0 Å². The third-order valence-electron chi connectivity index (χ3n) is 3.18. The van der Waals surface area contributed by atoms with Crippen LogP contribution in [-0.4, -0.2) is 33.9 Å². The third kappa shape index (κ3) is 4.46. The molecular formula is C14H13Cl2N5O4. The zero-order valence-corrected chi connectivity index (χ0v) is 14.7. The van der Waals surface area contributed by atoms with Crippen LogP contribution >= 0.6 is 23.2 Å². The van der Waals surface area contributed by atoms with Gasteiger partial charge in [-0.25, -0.2) is 10.1 Å². The molecule has 1 N–H and O–H groups in total. The molecule has 11 heteroatoms. The molecule has 0 aliphatic carbocycles. The van der Waals surface area contributed by atoms with Gasteiger partial charge < -0.3 is 4.74 Å². The first-order chi connectivity index (χ1) is 11.8. The van der Waals surface area contributed by atoms with E-state index in [1.807, 2.05) is 0 Å². The van der Waals surface area contributed by atoms with E-state index < -0.39 is 16.9 Å². The summed E-state index contributed by atoms with van der Waals surface area (Å²) in [6.45, 7) is 1.51. The molecular weight excluding hydrogens is 373 g/mol. The van der Waals surface area contributed by atoms with Crippen LogP contribution < -0.4 is 10.2 Å². The number of halogens is 2. The minimum absolute atomic E-state index is 0.177. The molecule has 0 aliphatic heterocycles. The quantitative estimate of drug-likeness (QED) is 0.466. The number of nitrogens with zero attached hydrogens (tertiary/aromatic N) is 4. The van der Waals surface area contributed by atoms with E-state index in [9.17, 15) is 14.9 Å². The first-order valence-electron chi connectivity index (χ1n) is 6.89. The number of amides is 1. The van der Waals surface area contributed by atoms with Crippen molar-refractivity contribution in [3.8, 4) is 5.88 Å². The van der Waals surface area contributed by atoms with E-state index in [0.717, 1.165) is 10.9 Å². The van der Waals surface area contributed by atoms with Gasteiger partial charge in [0.05, 0.1) is 28.3 Å². The molecule has 9 nitrogen and oxygen atoms in total. The van der Waals surface area contributed by atoms with Crippen molar-refractivity contribution in [3.05, 3.63) is 50.1 Å². The SMILES string of the molecule is COc1nn(C(C)C(=O)N/N=C/c2ccc(Cl)c(Cl)c2)cc1[N+](=O)[O-]. The Hall–Kier alpha value is -2.65. The van der Waals surface area contributed by atoms with Crippen LogP contribution in [0.1, 0.15) is 18.5 Å². The van der Waals surface area contributed by atoms with Gasteiger partial charge in [0.15, 0.2) is 0 Å². The van der Waals surface area contributed by atoms with E-state index in [0.29, 0.717) is 15.6 Å². The van der Waals surface area contributed by atoms with Crippen molar-refractivity contribution in [1.29, 1.82) is 0 Å². The van der Waals surface area contributed by atoms with Gasteiger partial charge in [-0.3, -0.25) is 14.9 Å². The maximum Gasteiger partial charge on any atom is 0.350 e. The van der Waals surface area contributed by atoms with Gasteiger partial charge in [0.2, 0.25) is 0 Å². The summed E-state index contributed by atoms with van der Waals surface area (Å²) < 4.78 is 5.94. The monoisotopic (exact) mass is 385 g/mol. The normalized spacial score (nSPS) is 12.2. The Morgan fingerprint density at radius 1 is 1.48 bits per heavy atom. The smallest absolute Gasteiger partial charge is 0.350 e. The van der Waals surface area contributed by atoms with Gasteiger partial charge in [-0.1, -0.05) is 29.3 Å². The first-order valence-corrected chi connectivity index (χ1v) is 7.64. The van der Waals surface area contributed by atoms with E-state index in [4.69, 9.17) is 27.9 Å². The molecule has 1 heterocycles. The van der Waals surface area contributed by atoms with Gasteiger partial charge in [0.1, 0.15) is 12.2 Å². The maximum atomic E-state index is 12.1. The Bertz CT molecular complexity index is 837. The molecule has 0 fully saturated rings. The van der Waals surface area contributed by atoms with Crippen molar-refractivity contribution < 1.29 is 14.5 Å². The number of ether oxygens (including phenoxy) is 1. The lowest BCUT2D eigenvalue weighted by atomic mass is 10.2. The zero-order chi connectivity index (χ0) is 18.6. The topological polar surface area (TPSA) is 112 Å². The highest BCUT2D eigenvalue weighted by Gasteiger charge is 2.25. The molecule has 1 aromatic carbocycles. The molecule has 0 aliphatic rings. The minimum atomic E-state index is -0.839. The van der Waals surface area contributed by atoms with Gasteiger partial charge >= 0.3 is 11.6 Å². The fraction of sp³-hybridized carbons (Fsp3) is 0.214. The highest BCUT2D eigenvalue weighted by Crippen LogP contribution is 2.26. The molecule has 2 rings (SSSR count). The number of nitro groups is 1. The average Bonchev–Trinajstić information content (AvgIpc) is 3.02. The molecule has 1 amide bonds. The van der Waals surface area contributed by atoms with Gasteiger partial charge in [0.25, 0.3) is 5.91 Å². The molecule has 1 atom stereocenters. The molecule has 0 spiro atoms. The van der Waals surface area contributed by atoms with Gasteiger partial charge in [-0.2, -0.15) is 5.10 Å². The molecule has 0 bridgehead atoms. The number of hydrogen-bond donors (Lipinski definition) is 1. The lowest BCUT2D eigenvalue weighted by molar-refractivity contribution is -0.385. The highest BCUT2D eigenvalue weighted by atomic mass is 35.5. The Morgan fingerprint density at radius 3 is 2.76 bits per heavy atom. The molecule has 132 valence electrons. The summed E-state index contributed by atoms with van der Waals surface area (Å²) >= 11 is 11.7. The number of carbonyl (C=O) groups excluding carboxylic acids is 1. The number of hydrogen-bond acceptors (Lipinski definition) is 6. The van der Waals surface area contributed by atoms with Crippen LogP contribution in [-0.2, 0) is 4.79 Å². The summed E-state index contributed by atoms with van der Waals surface area (Å²) in [5.41, 5.74) is 2.63. The summed E-state index contributed by atoms with van der Waals surface area (Å²) in [6.07, 6.45) is 2.50. The van der Waals surface area contributed by atoms with Crippen LogP contribution in [0.4, 0.5) is 5.69 Å². The van der Waals surface area contributed by atoms with E-state index in [1.165, 1.54) is 20.2 Å². The molecule has 1 aromatic heterocycles. The van der Waals surface area contributed by atoms with Crippen LogP contribution in [0.2, 0.25) is 10.0 Å². The zero-order valence-electron chi connectivity index (χ0n) is 13.1. The Labute approximate surface area is 152 Å². The van der Waals surface area contributed by atoms with Crippen molar-refractivity contribution in [2.45, 2.75) is 13.0 Å². The van der Waals surface area contributed by atoms with Crippen molar-refractivity contribution in [2.24, 2.45) is 5.10 Å². The molecule has 25 heavy (non-hydrogen) atoms. The summed E-state index contributed by atoms with van der Waals surface area (Å²) in [5, 5.41) is 19.3. The molecule has 2 aromatic rings. The largest absolute Gasteiger partial charge is 0.475 e. The number of carbonyl (C=O) groups is 1. The fourth-order valence-electron chi connectivity index (χ4n) is 1.81. The Balaban J connectivity index is 2.06. The summed E-state index contributed by atoms with van der Waals surface area (Å²) in [4.78, 5) is 22.3. The summed E-state index contributed by atoms with van der Waals surface area (Å²) in [6, 6.07) is 4.03. The standard InChI is InChI=1S/C14H13Cl2N5O4/c1-8(20-7-12(21(23)24)14(19-20)25-2)13(22)18-17-6-9-3-4-10(15)11(16)5-9/h3-8H,1-2H3,(H,18,22)/b17-6+. The predicted molar refractivity (Wildman–Crippen MR) is 92.3 cm³/mol. The number of aromatic nitrogens is 2. The molecule has 0 radical (unpaired) electrons. The molecule has 0 saturated carbocycles. The van der Waals surface area contributed by atoms with Crippen molar-refractivity contribution in [2.75, 3.05) is 7.11 Å². The summed E-state index contributed by atoms with van der Waals surface area (Å²) in [7, 11) is 1.26. The third-order valence-corrected chi connectivity index (χ3v) is 3.92. The number of methoxy groups -OCH3 is 1. The van der Waals surface area contributed by atoms with E-state index in [2.05, 4.69) is 15.6 Å². The van der Waals surface area contributed by atoms with Crippen LogP contribution in [0.15, 0.2) is 29.5 Å². The van der Waals surface area contributed by atoms with E-state index >= 15 is 0 Å². The second kappa shape index (κ2) is 7.95. The second-order valence-corrected chi connectivity index (χ2v) is 5.66. The number of rotatable bonds is 6. The average molecular weight is 386 g/mol. The van der Waals surface area contributed by atoms with Crippen LogP contribution in [0.25, 0.3) is 0 Å². The fourth-order valence-corrected chi connectivity index (χ4v) is 2.12. The van der Waals surface area contributed by atoms with Crippen molar-refractivity contribution >= 4 is 41.0 Å². The number of benzene rings is 1. The lowest BCUT2D eigenvalue weighted by Crippen LogP contribution is -2.27. The van der Waals surface area contributed by atoms with Gasteiger partial charge in [-0.05, 0) is 24.6 Å². The Morgan fingerprint density at radius 2 is 2.20 bits per heavy atom.